The third kappa shape index (κ3) is 4.35. The van der Waals surface area contributed by atoms with E-state index < -0.39 is 12.7 Å². The van der Waals surface area contributed by atoms with Gasteiger partial charge in [0.25, 0.3) is 0 Å². The van der Waals surface area contributed by atoms with Crippen molar-refractivity contribution in [3.8, 4) is 0 Å². The number of hydrogen-bond acceptors (Lipinski definition) is 3. The molecule has 0 aromatic carbocycles. The predicted molar refractivity (Wildman–Crippen MR) is 62.6 cm³/mol. The van der Waals surface area contributed by atoms with Crippen LogP contribution in [-0.4, -0.2) is 67.8 Å². The highest BCUT2D eigenvalue weighted by Crippen LogP contribution is 2.19. The Morgan fingerprint density at radius 1 is 1.21 bits per heavy atom. The Kier molecular flexibility index (Phi) is 4.67. The van der Waals surface area contributed by atoms with E-state index in [-0.39, 0.29) is 11.8 Å². The molecule has 7 heteroatoms. The number of ether oxygens (including phenoxy) is 1. The summed E-state index contributed by atoms with van der Waals surface area (Å²) < 4.78 is 42.2. The smallest absolute Gasteiger partial charge is 0.381 e. The molecule has 0 aliphatic carbocycles. The molecular weight excluding hydrogens is 261 g/mol. The maximum absolute atomic E-state index is 12.3. The summed E-state index contributed by atoms with van der Waals surface area (Å²) >= 11 is 0. The lowest BCUT2D eigenvalue weighted by molar-refractivity contribution is -0.145. The normalized spacial score (nSPS) is 26.5. The lowest BCUT2D eigenvalue weighted by atomic mass is 10.1. The Balaban J connectivity index is 1.84. The first-order valence-electron chi connectivity index (χ1n) is 6.61. The molecule has 2 aliphatic heterocycles. The number of alkyl halides is 3. The van der Waals surface area contributed by atoms with Crippen LogP contribution in [0.2, 0.25) is 0 Å². The molecule has 1 amide bonds. The second-order valence-corrected chi connectivity index (χ2v) is 5.13. The highest BCUT2D eigenvalue weighted by atomic mass is 19.4. The average Bonchev–Trinajstić information content (AvgIpc) is 2.75. The van der Waals surface area contributed by atoms with Crippen LogP contribution < -0.4 is 0 Å². The van der Waals surface area contributed by atoms with Crippen molar-refractivity contribution in [2.45, 2.75) is 19.0 Å². The second kappa shape index (κ2) is 6.09. The van der Waals surface area contributed by atoms with E-state index in [2.05, 4.69) is 0 Å². The second-order valence-electron chi connectivity index (χ2n) is 5.13. The molecule has 0 spiro atoms. The van der Waals surface area contributed by atoms with Crippen molar-refractivity contribution in [3.63, 3.8) is 0 Å². The minimum absolute atomic E-state index is 0.0337. The third-order valence-corrected chi connectivity index (χ3v) is 3.58. The summed E-state index contributed by atoms with van der Waals surface area (Å²) in [6.07, 6.45) is -2.85. The molecule has 0 N–H and O–H groups in total. The van der Waals surface area contributed by atoms with Crippen LogP contribution >= 0.6 is 0 Å². The lowest BCUT2D eigenvalue weighted by Gasteiger charge is -2.24. The number of carbonyl (C=O) groups is 1. The molecule has 19 heavy (non-hydrogen) atoms. The Labute approximate surface area is 110 Å². The SMILES string of the molecule is O=C(C1CCOC1)N1CCCN(CC(F)(F)F)CC1. The molecule has 2 fully saturated rings. The molecule has 0 aromatic rings. The van der Waals surface area contributed by atoms with Crippen LogP contribution in [0.3, 0.4) is 0 Å². The van der Waals surface area contributed by atoms with Crippen molar-refractivity contribution in [2.24, 2.45) is 5.92 Å². The van der Waals surface area contributed by atoms with Gasteiger partial charge in [-0.3, -0.25) is 9.69 Å². The molecule has 2 heterocycles. The van der Waals surface area contributed by atoms with Gasteiger partial charge in [-0.05, 0) is 12.8 Å². The summed E-state index contributed by atoms with van der Waals surface area (Å²) in [5.41, 5.74) is 0. The van der Waals surface area contributed by atoms with Gasteiger partial charge in [0.05, 0.1) is 19.1 Å². The lowest BCUT2D eigenvalue weighted by Crippen LogP contribution is -2.40. The summed E-state index contributed by atoms with van der Waals surface area (Å²) in [4.78, 5) is 15.2. The highest BCUT2D eigenvalue weighted by Gasteiger charge is 2.33. The molecule has 0 bridgehead atoms. The maximum atomic E-state index is 12.3. The fourth-order valence-corrected chi connectivity index (χ4v) is 2.59. The van der Waals surface area contributed by atoms with Crippen molar-refractivity contribution in [3.05, 3.63) is 0 Å². The van der Waals surface area contributed by atoms with E-state index in [1.54, 1.807) is 4.90 Å². The number of carbonyl (C=O) groups excluding carboxylic acids is 1. The van der Waals surface area contributed by atoms with E-state index >= 15 is 0 Å². The zero-order valence-corrected chi connectivity index (χ0v) is 10.8. The molecule has 0 radical (unpaired) electrons. The summed E-state index contributed by atoms with van der Waals surface area (Å²) in [6, 6.07) is 0. The maximum Gasteiger partial charge on any atom is 0.401 e. The first kappa shape index (κ1) is 14.6. The zero-order valence-electron chi connectivity index (χ0n) is 10.8. The van der Waals surface area contributed by atoms with Gasteiger partial charge in [0.15, 0.2) is 0 Å². The summed E-state index contributed by atoms with van der Waals surface area (Å²) in [5, 5.41) is 0. The quantitative estimate of drug-likeness (QED) is 0.760. The van der Waals surface area contributed by atoms with E-state index in [0.29, 0.717) is 45.8 Å². The highest BCUT2D eigenvalue weighted by molar-refractivity contribution is 5.79. The fraction of sp³-hybridized carbons (Fsp3) is 0.917. The van der Waals surface area contributed by atoms with Crippen molar-refractivity contribution in [2.75, 3.05) is 45.9 Å². The van der Waals surface area contributed by atoms with E-state index in [4.69, 9.17) is 4.74 Å². The topological polar surface area (TPSA) is 32.8 Å². The Morgan fingerprint density at radius 3 is 2.63 bits per heavy atom. The van der Waals surface area contributed by atoms with Crippen LogP contribution in [0.25, 0.3) is 0 Å². The molecule has 4 nitrogen and oxygen atoms in total. The minimum Gasteiger partial charge on any atom is -0.381 e. The van der Waals surface area contributed by atoms with Crippen molar-refractivity contribution < 1.29 is 22.7 Å². The molecule has 0 aromatic heterocycles. The third-order valence-electron chi connectivity index (χ3n) is 3.58. The first-order chi connectivity index (χ1) is 8.96. The largest absolute Gasteiger partial charge is 0.401 e. The Morgan fingerprint density at radius 2 is 2.00 bits per heavy atom. The van der Waals surface area contributed by atoms with Crippen molar-refractivity contribution in [1.29, 1.82) is 0 Å². The van der Waals surface area contributed by atoms with Gasteiger partial charge in [0, 0.05) is 32.8 Å². The van der Waals surface area contributed by atoms with Gasteiger partial charge < -0.3 is 9.64 Å². The van der Waals surface area contributed by atoms with E-state index in [0.717, 1.165) is 6.42 Å². The van der Waals surface area contributed by atoms with Crippen molar-refractivity contribution >= 4 is 5.91 Å². The molecule has 2 aliphatic rings. The molecule has 110 valence electrons. The van der Waals surface area contributed by atoms with Crippen LogP contribution in [0.15, 0.2) is 0 Å². The molecule has 2 rings (SSSR count). The standard InChI is InChI=1S/C12H19F3N2O2/c13-12(14,15)9-16-3-1-4-17(6-5-16)11(18)10-2-7-19-8-10/h10H,1-9H2. The van der Waals surface area contributed by atoms with Crippen LogP contribution in [-0.2, 0) is 9.53 Å². The number of halogens is 3. The number of rotatable bonds is 2. The van der Waals surface area contributed by atoms with Crippen molar-refractivity contribution in [1.82, 2.24) is 9.80 Å². The summed E-state index contributed by atoms with van der Waals surface area (Å²) in [7, 11) is 0. The van der Waals surface area contributed by atoms with Gasteiger partial charge >= 0.3 is 6.18 Å². The van der Waals surface area contributed by atoms with E-state index in [9.17, 15) is 18.0 Å². The number of hydrogen-bond donors (Lipinski definition) is 0. The van der Waals surface area contributed by atoms with Gasteiger partial charge in [-0.2, -0.15) is 13.2 Å². The summed E-state index contributed by atoms with van der Waals surface area (Å²) in [6.45, 7) is 1.77. The predicted octanol–water partition coefficient (Wildman–Crippen LogP) is 1.12. The summed E-state index contributed by atoms with van der Waals surface area (Å²) in [5.74, 6) is -0.0690. The monoisotopic (exact) mass is 280 g/mol. The van der Waals surface area contributed by atoms with E-state index in [1.165, 1.54) is 4.90 Å². The molecule has 1 atom stereocenters. The van der Waals surface area contributed by atoms with Crippen LogP contribution in [0.4, 0.5) is 13.2 Å². The van der Waals surface area contributed by atoms with Crippen LogP contribution in [0.1, 0.15) is 12.8 Å². The van der Waals surface area contributed by atoms with Gasteiger partial charge in [0.1, 0.15) is 0 Å². The average molecular weight is 280 g/mol. The Bertz CT molecular complexity index is 317. The van der Waals surface area contributed by atoms with Gasteiger partial charge in [-0.1, -0.05) is 0 Å². The van der Waals surface area contributed by atoms with E-state index in [1.807, 2.05) is 0 Å². The van der Waals surface area contributed by atoms with Crippen LogP contribution in [0.5, 0.6) is 0 Å². The number of amides is 1. The van der Waals surface area contributed by atoms with Gasteiger partial charge in [-0.25, -0.2) is 0 Å². The zero-order chi connectivity index (χ0) is 13.9. The number of nitrogens with zero attached hydrogens (tertiary/aromatic N) is 2. The molecule has 2 saturated heterocycles. The molecule has 1 unspecified atom stereocenters. The fourth-order valence-electron chi connectivity index (χ4n) is 2.59. The minimum atomic E-state index is -4.17. The molecule has 0 saturated carbocycles. The Hall–Kier alpha value is -0.820. The van der Waals surface area contributed by atoms with Gasteiger partial charge in [-0.15, -0.1) is 0 Å². The van der Waals surface area contributed by atoms with Gasteiger partial charge in [0.2, 0.25) is 5.91 Å². The van der Waals surface area contributed by atoms with Crippen LogP contribution in [0, 0.1) is 5.92 Å². The molecular formula is C12H19F3N2O2. The first-order valence-corrected chi connectivity index (χ1v) is 6.61.